The van der Waals surface area contributed by atoms with Crippen LogP contribution in [0.1, 0.15) is 32.1 Å². The third-order valence-corrected chi connectivity index (χ3v) is 4.09. The Morgan fingerprint density at radius 1 is 1.24 bits per heavy atom. The maximum absolute atomic E-state index is 5.85. The van der Waals surface area contributed by atoms with Crippen molar-refractivity contribution < 1.29 is 14.2 Å². The van der Waals surface area contributed by atoms with E-state index in [1.165, 1.54) is 12.8 Å². The summed E-state index contributed by atoms with van der Waals surface area (Å²) in [5.41, 5.74) is 0. The van der Waals surface area contributed by atoms with E-state index in [1.807, 2.05) is 7.05 Å². The minimum Gasteiger partial charge on any atom is -0.382 e. The van der Waals surface area contributed by atoms with Gasteiger partial charge in [0.15, 0.2) is 5.96 Å². The van der Waals surface area contributed by atoms with Crippen LogP contribution in [-0.2, 0) is 14.2 Å². The molecule has 122 valence electrons. The second-order valence-corrected chi connectivity index (χ2v) is 5.67. The molecule has 0 radical (unpaired) electrons. The molecule has 0 aromatic rings. The number of nitrogens with one attached hydrogen (secondary N) is 2. The molecule has 21 heavy (non-hydrogen) atoms. The molecule has 2 bridgehead atoms. The van der Waals surface area contributed by atoms with E-state index < -0.39 is 0 Å². The molecular weight excluding hydrogens is 270 g/mol. The van der Waals surface area contributed by atoms with Crippen molar-refractivity contribution >= 4 is 5.96 Å². The molecule has 0 aromatic heterocycles. The number of guanidine groups is 1. The Hall–Kier alpha value is -0.850. The summed E-state index contributed by atoms with van der Waals surface area (Å²) in [6.07, 6.45) is 6.47. The molecule has 6 nitrogen and oxygen atoms in total. The lowest BCUT2D eigenvalue weighted by Gasteiger charge is -2.22. The van der Waals surface area contributed by atoms with Crippen molar-refractivity contribution in [3.05, 3.63) is 0 Å². The van der Waals surface area contributed by atoms with Gasteiger partial charge in [-0.1, -0.05) is 0 Å². The van der Waals surface area contributed by atoms with Gasteiger partial charge in [0.25, 0.3) is 0 Å². The number of fused-ring (bicyclic) bond motifs is 2. The molecule has 0 saturated carbocycles. The number of ether oxygens (including phenoxy) is 3. The maximum Gasteiger partial charge on any atom is 0.191 e. The summed E-state index contributed by atoms with van der Waals surface area (Å²) in [5, 5.41) is 6.84. The third-order valence-electron chi connectivity index (χ3n) is 4.09. The molecule has 0 amide bonds. The molecule has 2 fully saturated rings. The number of rotatable bonds is 9. The van der Waals surface area contributed by atoms with E-state index in [0.29, 0.717) is 31.5 Å². The van der Waals surface area contributed by atoms with E-state index in [1.54, 1.807) is 7.11 Å². The van der Waals surface area contributed by atoms with E-state index in [9.17, 15) is 0 Å². The molecule has 2 rings (SSSR count). The van der Waals surface area contributed by atoms with Gasteiger partial charge in [-0.25, -0.2) is 0 Å². The number of nitrogens with zero attached hydrogens (tertiary/aromatic N) is 1. The average molecular weight is 299 g/mol. The zero-order valence-electron chi connectivity index (χ0n) is 13.3. The molecule has 0 aromatic carbocycles. The smallest absolute Gasteiger partial charge is 0.191 e. The van der Waals surface area contributed by atoms with Gasteiger partial charge >= 0.3 is 0 Å². The number of hydrogen-bond acceptors (Lipinski definition) is 4. The largest absolute Gasteiger partial charge is 0.382 e. The second-order valence-electron chi connectivity index (χ2n) is 5.67. The molecule has 2 saturated heterocycles. The summed E-state index contributed by atoms with van der Waals surface area (Å²) < 4.78 is 16.2. The zero-order valence-corrected chi connectivity index (χ0v) is 13.3. The molecule has 6 heteroatoms. The highest BCUT2D eigenvalue weighted by Crippen LogP contribution is 2.34. The minimum atomic E-state index is 0.378. The first-order valence-electron chi connectivity index (χ1n) is 8.03. The lowest BCUT2D eigenvalue weighted by molar-refractivity contribution is 0.0689. The van der Waals surface area contributed by atoms with E-state index in [2.05, 4.69) is 15.6 Å². The highest BCUT2D eigenvalue weighted by Gasteiger charge is 2.40. The lowest BCUT2D eigenvalue weighted by Crippen LogP contribution is -2.47. The fraction of sp³-hybridized carbons (Fsp3) is 0.933. The maximum atomic E-state index is 5.85. The van der Waals surface area contributed by atoms with Gasteiger partial charge < -0.3 is 24.8 Å². The van der Waals surface area contributed by atoms with Gasteiger partial charge in [-0.2, -0.15) is 0 Å². The fourth-order valence-electron chi connectivity index (χ4n) is 2.94. The van der Waals surface area contributed by atoms with Crippen molar-refractivity contribution in [3.63, 3.8) is 0 Å². The Kier molecular flexibility index (Phi) is 7.26. The Morgan fingerprint density at radius 2 is 2.14 bits per heavy atom. The van der Waals surface area contributed by atoms with E-state index in [4.69, 9.17) is 14.2 Å². The number of unbranched alkanes of at least 4 members (excludes halogenated alkanes) is 1. The summed E-state index contributed by atoms with van der Waals surface area (Å²) in [7, 11) is 3.50. The van der Waals surface area contributed by atoms with Crippen LogP contribution in [0, 0.1) is 0 Å². The van der Waals surface area contributed by atoms with Crippen LogP contribution in [0.15, 0.2) is 4.99 Å². The molecule has 3 unspecified atom stereocenters. The van der Waals surface area contributed by atoms with Gasteiger partial charge in [0.1, 0.15) is 0 Å². The first-order valence-corrected chi connectivity index (χ1v) is 8.03. The minimum absolute atomic E-state index is 0.378. The molecule has 0 spiro atoms. The first-order chi connectivity index (χ1) is 10.3. The van der Waals surface area contributed by atoms with Crippen molar-refractivity contribution in [2.75, 3.05) is 40.5 Å². The first kappa shape index (κ1) is 16.5. The van der Waals surface area contributed by atoms with Crippen LogP contribution in [0.2, 0.25) is 0 Å². The standard InChI is InChI=1S/C15H29N3O3/c1-16-15(17-7-3-4-8-20-10-9-19-2)18-13-11-12-5-6-14(13)21-12/h12-14H,3-11H2,1-2H3,(H2,16,17,18). The Labute approximate surface area is 127 Å². The summed E-state index contributed by atoms with van der Waals surface area (Å²) in [5.74, 6) is 0.886. The fourth-order valence-corrected chi connectivity index (χ4v) is 2.94. The summed E-state index contributed by atoms with van der Waals surface area (Å²) in [6.45, 7) is 3.05. The van der Waals surface area contributed by atoms with E-state index in [0.717, 1.165) is 38.4 Å². The molecular formula is C15H29N3O3. The summed E-state index contributed by atoms with van der Waals surface area (Å²) >= 11 is 0. The van der Waals surface area contributed by atoms with Gasteiger partial charge in [-0.3, -0.25) is 4.99 Å². The third kappa shape index (κ3) is 5.45. The number of aliphatic imine (C=N–C) groups is 1. The molecule has 2 heterocycles. The lowest BCUT2D eigenvalue weighted by atomic mass is 9.96. The van der Waals surface area contributed by atoms with Gasteiger partial charge in [-0.05, 0) is 32.1 Å². The van der Waals surface area contributed by atoms with E-state index in [-0.39, 0.29) is 0 Å². The predicted molar refractivity (Wildman–Crippen MR) is 82.7 cm³/mol. The van der Waals surface area contributed by atoms with Crippen molar-refractivity contribution in [3.8, 4) is 0 Å². The molecule has 2 aliphatic heterocycles. The summed E-state index contributed by atoms with van der Waals surface area (Å²) in [4.78, 5) is 4.28. The van der Waals surface area contributed by atoms with Crippen LogP contribution >= 0.6 is 0 Å². The predicted octanol–water partition coefficient (Wildman–Crippen LogP) is 0.915. The Balaban J connectivity index is 1.50. The average Bonchev–Trinajstić information content (AvgIpc) is 3.11. The van der Waals surface area contributed by atoms with Crippen molar-refractivity contribution in [1.82, 2.24) is 10.6 Å². The normalized spacial score (nSPS) is 28.1. The monoisotopic (exact) mass is 299 g/mol. The number of methoxy groups -OCH3 is 1. The van der Waals surface area contributed by atoms with Gasteiger partial charge in [0.05, 0.1) is 31.5 Å². The summed E-state index contributed by atoms with van der Waals surface area (Å²) in [6, 6.07) is 0.423. The van der Waals surface area contributed by atoms with Crippen LogP contribution in [0.3, 0.4) is 0 Å². The SMILES string of the molecule is CN=C(NCCCCOCCOC)NC1CC2CCC1O2. The van der Waals surface area contributed by atoms with Crippen LogP contribution in [-0.4, -0.2) is 64.7 Å². The van der Waals surface area contributed by atoms with Crippen LogP contribution in [0.25, 0.3) is 0 Å². The van der Waals surface area contributed by atoms with Crippen molar-refractivity contribution in [2.45, 2.75) is 50.4 Å². The van der Waals surface area contributed by atoms with E-state index >= 15 is 0 Å². The number of hydrogen-bond donors (Lipinski definition) is 2. The molecule has 3 atom stereocenters. The topological polar surface area (TPSA) is 64.1 Å². The van der Waals surface area contributed by atoms with Gasteiger partial charge in [0, 0.05) is 27.3 Å². The van der Waals surface area contributed by atoms with Crippen LogP contribution in [0.4, 0.5) is 0 Å². The zero-order chi connectivity index (χ0) is 14.9. The molecule has 0 aliphatic carbocycles. The highest BCUT2D eigenvalue weighted by atomic mass is 16.5. The Bertz CT molecular complexity index is 325. The molecule has 2 aliphatic rings. The molecule has 2 N–H and O–H groups in total. The highest BCUT2D eigenvalue weighted by molar-refractivity contribution is 5.80. The van der Waals surface area contributed by atoms with Crippen molar-refractivity contribution in [2.24, 2.45) is 4.99 Å². The quantitative estimate of drug-likeness (QED) is 0.376. The second kappa shape index (κ2) is 9.23. The Morgan fingerprint density at radius 3 is 2.81 bits per heavy atom. The van der Waals surface area contributed by atoms with Crippen molar-refractivity contribution in [1.29, 1.82) is 0 Å². The van der Waals surface area contributed by atoms with Crippen LogP contribution in [0.5, 0.6) is 0 Å². The van der Waals surface area contributed by atoms with Gasteiger partial charge in [-0.15, -0.1) is 0 Å². The van der Waals surface area contributed by atoms with Crippen LogP contribution < -0.4 is 10.6 Å². The van der Waals surface area contributed by atoms with Gasteiger partial charge in [0.2, 0.25) is 0 Å².